The minimum atomic E-state index is -0.492. The maximum absolute atomic E-state index is 12.7. The molecule has 3 heterocycles. The molecule has 136 valence electrons. The summed E-state index contributed by atoms with van der Waals surface area (Å²) in [5.74, 6) is -0.492. The van der Waals surface area contributed by atoms with E-state index in [2.05, 4.69) is 17.4 Å². The minimum absolute atomic E-state index is 0.0112. The number of hydrogen-bond donors (Lipinski definition) is 1. The van der Waals surface area contributed by atoms with Gasteiger partial charge in [0, 0.05) is 25.9 Å². The van der Waals surface area contributed by atoms with Crippen LogP contribution >= 0.6 is 0 Å². The van der Waals surface area contributed by atoms with E-state index < -0.39 is 5.79 Å². The molecular weight excluding hydrogens is 320 g/mol. The summed E-state index contributed by atoms with van der Waals surface area (Å²) in [6.07, 6.45) is 3.50. The van der Waals surface area contributed by atoms with Gasteiger partial charge in [-0.3, -0.25) is 0 Å². The molecule has 0 bridgehead atoms. The second kappa shape index (κ2) is 7.32. The van der Waals surface area contributed by atoms with Gasteiger partial charge in [-0.2, -0.15) is 0 Å². The van der Waals surface area contributed by atoms with Crippen molar-refractivity contribution in [2.45, 2.75) is 43.6 Å². The summed E-state index contributed by atoms with van der Waals surface area (Å²) in [5.41, 5.74) is 1.21. The molecule has 0 aromatic heterocycles. The number of hydrogen-bond acceptors (Lipinski definition) is 4. The van der Waals surface area contributed by atoms with E-state index in [1.807, 2.05) is 23.1 Å². The van der Waals surface area contributed by atoms with Crippen molar-refractivity contribution in [3.8, 4) is 0 Å². The molecule has 25 heavy (non-hydrogen) atoms. The highest BCUT2D eigenvalue weighted by Gasteiger charge is 2.43. The molecule has 0 saturated carbocycles. The van der Waals surface area contributed by atoms with Crippen molar-refractivity contribution in [3.63, 3.8) is 0 Å². The third-order valence-electron chi connectivity index (χ3n) is 5.35. The Morgan fingerprint density at radius 1 is 1.24 bits per heavy atom. The molecule has 3 fully saturated rings. The van der Waals surface area contributed by atoms with Gasteiger partial charge in [0.05, 0.1) is 25.9 Å². The van der Waals surface area contributed by atoms with Gasteiger partial charge >= 0.3 is 6.03 Å². The highest BCUT2D eigenvalue weighted by atomic mass is 16.7. The fourth-order valence-electron chi connectivity index (χ4n) is 4.00. The van der Waals surface area contributed by atoms with Crippen LogP contribution in [0.15, 0.2) is 30.3 Å². The molecule has 1 N–H and O–H groups in total. The van der Waals surface area contributed by atoms with Crippen molar-refractivity contribution >= 4 is 6.03 Å². The van der Waals surface area contributed by atoms with Gasteiger partial charge in [0.25, 0.3) is 0 Å². The largest absolute Gasteiger partial charge is 0.381 e. The van der Waals surface area contributed by atoms with Crippen molar-refractivity contribution < 1.29 is 19.0 Å². The van der Waals surface area contributed by atoms with Gasteiger partial charge in [0.15, 0.2) is 5.79 Å². The topological polar surface area (TPSA) is 60.0 Å². The van der Waals surface area contributed by atoms with Crippen LogP contribution in [0.25, 0.3) is 0 Å². The predicted octanol–water partition coefficient (Wildman–Crippen LogP) is 2.46. The number of benzene rings is 1. The molecular formula is C19H26N2O4. The van der Waals surface area contributed by atoms with E-state index in [4.69, 9.17) is 14.2 Å². The number of ether oxygens (including phenoxy) is 3. The van der Waals surface area contributed by atoms with Gasteiger partial charge in [-0.25, -0.2) is 4.79 Å². The van der Waals surface area contributed by atoms with Crippen molar-refractivity contribution in [1.82, 2.24) is 10.2 Å². The Hall–Kier alpha value is -1.63. The van der Waals surface area contributed by atoms with E-state index in [-0.39, 0.29) is 18.2 Å². The molecule has 6 nitrogen and oxygen atoms in total. The molecule has 4 rings (SSSR count). The van der Waals surface area contributed by atoms with Gasteiger partial charge in [0.2, 0.25) is 0 Å². The number of carbonyl (C=O) groups is 1. The number of nitrogens with zero attached hydrogens (tertiary/aromatic N) is 1. The molecule has 2 amide bonds. The third-order valence-corrected chi connectivity index (χ3v) is 5.35. The lowest BCUT2D eigenvalue weighted by Gasteiger charge is -2.31. The summed E-state index contributed by atoms with van der Waals surface area (Å²) in [7, 11) is 0. The fourth-order valence-corrected chi connectivity index (χ4v) is 4.00. The average molecular weight is 346 g/mol. The lowest BCUT2D eigenvalue weighted by atomic mass is 10.1. The molecule has 0 aliphatic carbocycles. The molecule has 1 spiro atoms. The Morgan fingerprint density at radius 3 is 2.84 bits per heavy atom. The standard InChI is InChI=1S/C19H26N2O4/c22-18(21-10-4-7-17(21)15-5-2-1-3-6-15)20-13-16-14-24-19(25-16)8-11-23-12-9-19/h1-3,5-6,16-17H,4,7-14H2,(H,20,22)/t16-,17+/m1/s1. The first kappa shape index (κ1) is 16.8. The van der Waals surface area contributed by atoms with Gasteiger partial charge < -0.3 is 24.4 Å². The lowest BCUT2D eigenvalue weighted by molar-refractivity contribution is -0.210. The SMILES string of the molecule is O=C(NC[C@@H]1COC2(CCOCC2)O1)N1CCC[C@H]1c1ccccc1. The van der Waals surface area contributed by atoms with E-state index >= 15 is 0 Å². The normalized spacial score (nSPS) is 28.4. The van der Waals surface area contributed by atoms with Crippen LogP contribution in [0, 0.1) is 0 Å². The molecule has 1 aromatic carbocycles. The predicted molar refractivity (Wildman–Crippen MR) is 92.1 cm³/mol. The summed E-state index contributed by atoms with van der Waals surface area (Å²) >= 11 is 0. The molecule has 0 unspecified atom stereocenters. The van der Waals surface area contributed by atoms with Crippen LogP contribution in [0.5, 0.6) is 0 Å². The van der Waals surface area contributed by atoms with Crippen LogP contribution in [0.2, 0.25) is 0 Å². The first-order valence-electron chi connectivity index (χ1n) is 9.25. The quantitative estimate of drug-likeness (QED) is 0.913. The highest BCUT2D eigenvalue weighted by molar-refractivity contribution is 5.75. The van der Waals surface area contributed by atoms with Crippen LogP contribution in [-0.4, -0.2) is 55.7 Å². The Labute approximate surface area is 148 Å². The van der Waals surface area contributed by atoms with E-state index in [0.29, 0.717) is 26.4 Å². The molecule has 3 aliphatic heterocycles. The summed E-state index contributed by atoms with van der Waals surface area (Å²) in [6.45, 7) is 3.16. The zero-order valence-electron chi connectivity index (χ0n) is 14.5. The molecule has 6 heteroatoms. The van der Waals surface area contributed by atoms with E-state index in [1.165, 1.54) is 5.56 Å². The molecule has 3 saturated heterocycles. The Balaban J connectivity index is 1.30. The number of nitrogens with one attached hydrogen (secondary N) is 1. The van der Waals surface area contributed by atoms with Crippen LogP contribution in [0.1, 0.15) is 37.3 Å². The number of rotatable bonds is 3. The van der Waals surface area contributed by atoms with Gasteiger partial charge in [0.1, 0.15) is 6.10 Å². The Bertz CT molecular complexity index is 588. The van der Waals surface area contributed by atoms with Crippen molar-refractivity contribution in [1.29, 1.82) is 0 Å². The fraction of sp³-hybridized carbons (Fsp3) is 0.632. The molecule has 3 aliphatic rings. The minimum Gasteiger partial charge on any atom is -0.381 e. The summed E-state index contributed by atoms with van der Waals surface area (Å²) in [5, 5.41) is 3.04. The van der Waals surface area contributed by atoms with Crippen molar-refractivity contribution in [2.24, 2.45) is 0 Å². The number of urea groups is 1. The van der Waals surface area contributed by atoms with E-state index in [1.54, 1.807) is 0 Å². The van der Waals surface area contributed by atoms with Gasteiger partial charge in [-0.15, -0.1) is 0 Å². The van der Waals surface area contributed by atoms with Gasteiger partial charge in [-0.05, 0) is 18.4 Å². The van der Waals surface area contributed by atoms with Crippen LogP contribution in [-0.2, 0) is 14.2 Å². The second-order valence-electron chi connectivity index (χ2n) is 7.02. The lowest BCUT2D eigenvalue weighted by Crippen LogP contribution is -2.44. The van der Waals surface area contributed by atoms with Crippen LogP contribution in [0.4, 0.5) is 4.79 Å². The number of carbonyl (C=O) groups excluding carboxylic acids is 1. The highest BCUT2D eigenvalue weighted by Crippen LogP contribution is 2.34. The van der Waals surface area contributed by atoms with Crippen molar-refractivity contribution in [2.75, 3.05) is 32.9 Å². The van der Waals surface area contributed by atoms with Gasteiger partial charge in [-0.1, -0.05) is 30.3 Å². The summed E-state index contributed by atoms with van der Waals surface area (Å²) in [6, 6.07) is 10.4. The number of likely N-dealkylation sites (tertiary alicyclic amines) is 1. The zero-order chi connectivity index (χ0) is 17.1. The Kier molecular flexibility index (Phi) is 4.92. The van der Waals surface area contributed by atoms with E-state index in [0.717, 1.165) is 32.2 Å². The maximum Gasteiger partial charge on any atom is 0.318 e. The third kappa shape index (κ3) is 3.66. The smallest absolute Gasteiger partial charge is 0.318 e. The second-order valence-corrected chi connectivity index (χ2v) is 7.02. The molecule has 2 atom stereocenters. The monoisotopic (exact) mass is 346 g/mol. The van der Waals surface area contributed by atoms with E-state index in [9.17, 15) is 4.79 Å². The molecule has 0 radical (unpaired) electrons. The van der Waals surface area contributed by atoms with Crippen molar-refractivity contribution in [3.05, 3.63) is 35.9 Å². The number of amides is 2. The molecule has 1 aromatic rings. The zero-order valence-corrected chi connectivity index (χ0v) is 14.5. The first-order chi connectivity index (χ1) is 12.3. The Morgan fingerprint density at radius 2 is 2.04 bits per heavy atom. The summed E-state index contributed by atoms with van der Waals surface area (Å²) in [4.78, 5) is 14.6. The maximum atomic E-state index is 12.7. The average Bonchev–Trinajstić information content (AvgIpc) is 3.29. The van der Waals surface area contributed by atoms with Crippen LogP contribution < -0.4 is 5.32 Å². The van der Waals surface area contributed by atoms with Crippen LogP contribution in [0.3, 0.4) is 0 Å². The first-order valence-corrected chi connectivity index (χ1v) is 9.25. The summed E-state index contributed by atoms with van der Waals surface area (Å²) < 4.78 is 17.3.